The standard InChI is InChI=1S/C16H22N4O2/c1-22-15-3-2-13-16(19-15)12(4-7-18-13)14(21)10-20-8-5-11(17)6-9-20/h2-4,7,11,14,21H,5-6,8-10,17H2,1H3. The molecule has 3 heterocycles. The Balaban J connectivity index is 1.82. The number of aliphatic hydroxyl groups excluding tert-OH is 1. The van der Waals surface area contributed by atoms with Crippen molar-refractivity contribution < 1.29 is 9.84 Å². The number of piperidine rings is 1. The summed E-state index contributed by atoms with van der Waals surface area (Å²) < 4.78 is 5.17. The van der Waals surface area contributed by atoms with Crippen LogP contribution in [0.5, 0.6) is 5.88 Å². The van der Waals surface area contributed by atoms with Crippen LogP contribution in [0.15, 0.2) is 24.4 Å². The van der Waals surface area contributed by atoms with Crippen molar-refractivity contribution in [3.63, 3.8) is 0 Å². The van der Waals surface area contributed by atoms with E-state index in [2.05, 4.69) is 14.9 Å². The molecule has 118 valence electrons. The lowest BCUT2D eigenvalue weighted by Crippen LogP contribution is -2.41. The van der Waals surface area contributed by atoms with Crippen LogP contribution in [0.1, 0.15) is 24.5 Å². The minimum absolute atomic E-state index is 0.293. The highest BCUT2D eigenvalue weighted by Crippen LogP contribution is 2.24. The number of methoxy groups -OCH3 is 1. The second kappa shape index (κ2) is 6.56. The van der Waals surface area contributed by atoms with Crippen molar-refractivity contribution in [2.75, 3.05) is 26.7 Å². The molecule has 22 heavy (non-hydrogen) atoms. The first kappa shape index (κ1) is 15.1. The number of nitrogens with zero attached hydrogens (tertiary/aromatic N) is 3. The zero-order valence-corrected chi connectivity index (χ0v) is 12.8. The maximum Gasteiger partial charge on any atom is 0.213 e. The number of ether oxygens (including phenoxy) is 1. The summed E-state index contributed by atoms with van der Waals surface area (Å²) in [6.45, 7) is 2.45. The minimum Gasteiger partial charge on any atom is -0.481 e. The zero-order valence-electron chi connectivity index (χ0n) is 12.8. The molecule has 6 nitrogen and oxygen atoms in total. The molecule has 1 fully saturated rings. The van der Waals surface area contributed by atoms with Crippen LogP contribution in [0.2, 0.25) is 0 Å². The monoisotopic (exact) mass is 302 g/mol. The highest BCUT2D eigenvalue weighted by atomic mass is 16.5. The first-order valence-electron chi connectivity index (χ1n) is 7.63. The number of hydrogen-bond acceptors (Lipinski definition) is 6. The summed E-state index contributed by atoms with van der Waals surface area (Å²) in [4.78, 5) is 11.0. The smallest absolute Gasteiger partial charge is 0.213 e. The molecule has 3 rings (SSSR count). The number of nitrogens with two attached hydrogens (primary N) is 1. The van der Waals surface area contributed by atoms with E-state index in [1.54, 1.807) is 19.4 Å². The molecule has 0 bridgehead atoms. The number of pyridine rings is 2. The van der Waals surface area contributed by atoms with Gasteiger partial charge in [-0.3, -0.25) is 4.98 Å². The van der Waals surface area contributed by atoms with E-state index in [1.807, 2.05) is 12.1 Å². The fraction of sp³-hybridized carbons (Fsp3) is 0.500. The maximum atomic E-state index is 10.6. The summed E-state index contributed by atoms with van der Waals surface area (Å²) in [7, 11) is 1.58. The van der Waals surface area contributed by atoms with E-state index in [1.165, 1.54) is 0 Å². The van der Waals surface area contributed by atoms with Gasteiger partial charge in [0, 0.05) is 30.4 Å². The van der Waals surface area contributed by atoms with Gasteiger partial charge in [-0.15, -0.1) is 0 Å². The largest absolute Gasteiger partial charge is 0.481 e. The van der Waals surface area contributed by atoms with Crippen LogP contribution in [0.3, 0.4) is 0 Å². The molecular weight excluding hydrogens is 280 g/mol. The number of aliphatic hydroxyl groups is 1. The quantitative estimate of drug-likeness (QED) is 0.879. The molecule has 2 aromatic heterocycles. The van der Waals surface area contributed by atoms with Gasteiger partial charge in [0.25, 0.3) is 0 Å². The number of likely N-dealkylation sites (tertiary alicyclic amines) is 1. The Morgan fingerprint density at radius 1 is 1.36 bits per heavy atom. The fourth-order valence-electron chi connectivity index (χ4n) is 2.89. The number of rotatable bonds is 4. The molecule has 6 heteroatoms. The van der Waals surface area contributed by atoms with Gasteiger partial charge in [0.05, 0.1) is 24.2 Å². The molecule has 2 aromatic rings. The first-order chi connectivity index (χ1) is 10.7. The number of fused-ring (bicyclic) bond motifs is 1. The Morgan fingerprint density at radius 3 is 2.86 bits per heavy atom. The highest BCUT2D eigenvalue weighted by Gasteiger charge is 2.21. The van der Waals surface area contributed by atoms with Crippen LogP contribution < -0.4 is 10.5 Å². The van der Waals surface area contributed by atoms with Crippen molar-refractivity contribution in [2.24, 2.45) is 5.73 Å². The SMILES string of the molecule is COc1ccc2nccc(C(O)CN3CCC(N)CC3)c2n1. The summed E-state index contributed by atoms with van der Waals surface area (Å²) >= 11 is 0. The van der Waals surface area contributed by atoms with Crippen molar-refractivity contribution in [3.8, 4) is 5.88 Å². The molecule has 3 N–H and O–H groups in total. The van der Waals surface area contributed by atoms with E-state index in [4.69, 9.17) is 10.5 Å². The lowest BCUT2D eigenvalue weighted by atomic mass is 10.0. The Bertz CT molecular complexity index is 641. The molecule has 0 aromatic carbocycles. The predicted molar refractivity (Wildman–Crippen MR) is 84.7 cm³/mol. The molecule has 1 aliphatic rings. The molecule has 0 saturated carbocycles. The van der Waals surface area contributed by atoms with Gasteiger partial charge in [-0.25, -0.2) is 4.98 Å². The third-order valence-corrected chi connectivity index (χ3v) is 4.22. The molecule has 1 aliphatic heterocycles. The topological polar surface area (TPSA) is 84.5 Å². The van der Waals surface area contributed by atoms with Gasteiger partial charge in [-0.1, -0.05) is 0 Å². The average molecular weight is 302 g/mol. The molecule has 1 saturated heterocycles. The third-order valence-electron chi connectivity index (χ3n) is 4.22. The first-order valence-corrected chi connectivity index (χ1v) is 7.63. The van der Waals surface area contributed by atoms with Crippen molar-refractivity contribution in [2.45, 2.75) is 25.0 Å². The molecule has 0 radical (unpaired) electrons. The van der Waals surface area contributed by atoms with Crippen LogP contribution >= 0.6 is 0 Å². The van der Waals surface area contributed by atoms with Crippen LogP contribution in [0.25, 0.3) is 11.0 Å². The lowest BCUT2D eigenvalue weighted by Gasteiger charge is -2.31. The Hall–Kier alpha value is -1.76. The Labute approximate surface area is 129 Å². The molecule has 0 aliphatic carbocycles. The van der Waals surface area contributed by atoms with Crippen molar-refractivity contribution in [1.29, 1.82) is 0 Å². The van der Waals surface area contributed by atoms with E-state index >= 15 is 0 Å². The van der Waals surface area contributed by atoms with Crippen LogP contribution in [-0.4, -0.2) is 52.8 Å². The van der Waals surface area contributed by atoms with Crippen molar-refractivity contribution >= 4 is 11.0 Å². The van der Waals surface area contributed by atoms with E-state index in [9.17, 15) is 5.11 Å². The van der Waals surface area contributed by atoms with Gasteiger partial charge in [-0.05, 0) is 38.1 Å². The second-order valence-electron chi connectivity index (χ2n) is 5.78. The third kappa shape index (κ3) is 3.19. The molecule has 1 unspecified atom stereocenters. The lowest BCUT2D eigenvalue weighted by molar-refractivity contribution is 0.0984. The number of β-amino-alcohol motifs (C(OH)–C–C–N with tert-alkyl or cyclic N) is 1. The summed E-state index contributed by atoms with van der Waals surface area (Å²) in [5, 5.41) is 10.6. The van der Waals surface area contributed by atoms with E-state index in [-0.39, 0.29) is 0 Å². The number of aromatic nitrogens is 2. The van der Waals surface area contributed by atoms with Gasteiger partial charge in [0.1, 0.15) is 0 Å². The Kier molecular flexibility index (Phi) is 4.52. The zero-order chi connectivity index (χ0) is 15.5. The van der Waals surface area contributed by atoms with E-state index in [0.29, 0.717) is 24.0 Å². The molecule has 0 spiro atoms. The van der Waals surface area contributed by atoms with Crippen molar-refractivity contribution in [3.05, 3.63) is 30.0 Å². The van der Waals surface area contributed by atoms with Crippen LogP contribution in [-0.2, 0) is 0 Å². The summed E-state index contributed by atoms with van der Waals surface area (Å²) in [6, 6.07) is 5.75. The highest BCUT2D eigenvalue weighted by molar-refractivity contribution is 5.78. The average Bonchev–Trinajstić information content (AvgIpc) is 2.55. The van der Waals surface area contributed by atoms with Crippen molar-refractivity contribution in [1.82, 2.24) is 14.9 Å². The summed E-state index contributed by atoms with van der Waals surface area (Å²) in [5.41, 5.74) is 8.17. The number of hydrogen-bond donors (Lipinski definition) is 2. The normalized spacial score (nSPS) is 18.5. The van der Waals surface area contributed by atoms with Crippen LogP contribution in [0.4, 0.5) is 0 Å². The summed E-state index contributed by atoms with van der Waals surface area (Å²) in [5.74, 6) is 0.526. The molecular formula is C16H22N4O2. The van der Waals surface area contributed by atoms with Gasteiger partial charge in [-0.2, -0.15) is 0 Å². The minimum atomic E-state index is -0.598. The van der Waals surface area contributed by atoms with Gasteiger partial charge in [0.15, 0.2) is 0 Å². The maximum absolute atomic E-state index is 10.6. The van der Waals surface area contributed by atoms with E-state index in [0.717, 1.165) is 37.0 Å². The fourth-order valence-corrected chi connectivity index (χ4v) is 2.89. The van der Waals surface area contributed by atoms with Crippen LogP contribution in [0, 0.1) is 0 Å². The van der Waals surface area contributed by atoms with Gasteiger partial charge < -0.3 is 20.5 Å². The summed E-state index contributed by atoms with van der Waals surface area (Å²) in [6.07, 6.45) is 3.08. The molecule has 0 amide bonds. The molecule has 1 atom stereocenters. The van der Waals surface area contributed by atoms with Gasteiger partial charge >= 0.3 is 0 Å². The van der Waals surface area contributed by atoms with Gasteiger partial charge in [0.2, 0.25) is 5.88 Å². The Morgan fingerprint density at radius 2 is 2.14 bits per heavy atom. The second-order valence-corrected chi connectivity index (χ2v) is 5.78. The predicted octanol–water partition coefficient (Wildman–Crippen LogP) is 1.09. The van der Waals surface area contributed by atoms with E-state index < -0.39 is 6.10 Å².